The van der Waals surface area contributed by atoms with Gasteiger partial charge in [0, 0.05) is 16.7 Å². The molecule has 24 heavy (non-hydrogen) atoms. The van der Waals surface area contributed by atoms with Gasteiger partial charge in [-0.2, -0.15) is 0 Å². The van der Waals surface area contributed by atoms with Gasteiger partial charge in [-0.1, -0.05) is 6.92 Å². The number of aliphatic hydroxyl groups is 2. The van der Waals surface area contributed by atoms with Gasteiger partial charge in [-0.25, -0.2) is 0 Å². The van der Waals surface area contributed by atoms with Crippen LogP contribution in [0.3, 0.4) is 0 Å². The minimum absolute atomic E-state index is 0.0395. The summed E-state index contributed by atoms with van der Waals surface area (Å²) in [5.74, 6) is 0.349. The number of hydrogen-bond donors (Lipinski definition) is 2. The zero-order valence-electron chi connectivity index (χ0n) is 15.1. The van der Waals surface area contributed by atoms with Gasteiger partial charge in [-0.15, -0.1) is 0 Å². The normalized spacial score (nSPS) is 64.4. The first kappa shape index (κ1) is 15.6. The van der Waals surface area contributed by atoms with E-state index in [1.165, 1.54) is 0 Å². The highest BCUT2D eigenvalue weighted by Gasteiger charge is 2.81. The van der Waals surface area contributed by atoms with Crippen molar-refractivity contribution in [3.8, 4) is 0 Å². The smallest absolute Gasteiger partial charge is 0.312 e. The van der Waals surface area contributed by atoms with E-state index < -0.39 is 22.7 Å². The quantitative estimate of drug-likeness (QED) is 0.669. The van der Waals surface area contributed by atoms with Crippen LogP contribution in [0, 0.1) is 28.1 Å². The van der Waals surface area contributed by atoms with Crippen molar-refractivity contribution in [1.82, 2.24) is 0 Å². The van der Waals surface area contributed by atoms with Crippen LogP contribution in [-0.2, 0) is 9.53 Å². The lowest BCUT2D eigenvalue weighted by Gasteiger charge is -2.66. The summed E-state index contributed by atoms with van der Waals surface area (Å²) < 4.78 is 6.28. The topological polar surface area (TPSA) is 66.8 Å². The van der Waals surface area contributed by atoms with Crippen LogP contribution in [0.1, 0.15) is 72.1 Å². The number of carbonyl (C=O) groups excluding carboxylic acids is 1. The number of rotatable bonds is 0. The molecule has 8 atom stereocenters. The van der Waals surface area contributed by atoms with Crippen molar-refractivity contribution >= 4 is 5.97 Å². The van der Waals surface area contributed by atoms with Crippen molar-refractivity contribution in [2.45, 2.75) is 89.4 Å². The minimum Gasteiger partial charge on any atom is -0.458 e. The van der Waals surface area contributed by atoms with Gasteiger partial charge in [-0.3, -0.25) is 4.79 Å². The maximum absolute atomic E-state index is 12.8. The van der Waals surface area contributed by atoms with Gasteiger partial charge < -0.3 is 14.9 Å². The van der Waals surface area contributed by atoms with E-state index in [0.717, 1.165) is 38.5 Å². The molecule has 5 rings (SSSR count). The van der Waals surface area contributed by atoms with E-state index in [-0.39, 0.29) is 28.6 Å². The molecule has 1 heterocycles. The zero-order valence-corrected chi connectivity index (χ0v) is 15.1. The highest BCUT2D eigenvalue weighted by atomic mass is 16.6. The van der Waals surface area contributed by atoms with Crippen LogP contribution < -0.4 is 0 Å². The Hall–Kier alpha value is -0.610. The number of fused-ring (bicyclic) bond motifs is 1. The second-order valence-corrected chi connectivity index (χ2v) is 10.3. The monoisotopic (exact) mass is 334 g/mol. The highest BCUT2D eigenvalue weighted by molar-refractivity contribution is 5.81. The van der Waals surface area contributed by atoms with Gasteiger partial charge in [0.15, 0.2) is 0 Å². The molecule has 4 heteroatoms. The second kappa shape index (κ2) is 4.03. The third kappa shape index (κ3) is 1.34. The lowest BCUT2D eigenvalue weighted by Crippen LogP contribution is -2.69. The number of esters is 1. The molecule has 4 aliphatic carbocycles. The summed E-state index contributed by atoms with van der Waals surface area (Å²) >= 11 is 0. The molecule has 4 bridgehead atoms. The average Bonchev–Trinajstić information content (AvgIpc) is 2.79. The third-order valence-corrected chi connectivity index (χ3v) is 9.60. The third-order valence-electron chi connectivity index (χ3n) is 9.60. The Kier molecular flexibility index (Phi) is 2.63. The molecule has 4 nitrogen and oxygen atoms in total. The molecule has 0 amide bonds. The summed E-state index contributed by atoms with van der Waals surface area (Å²) in [5, 5.41) is 22.3. The minimum atomic E-state index is -0.706. The molecule has 134 valence electrons. The van der Waals surface area contributed by atoms with Crippen LogP contribution in [0.5, 0.6) is 0 Å². The lowest BCUT2D eigenvalue weighted by atomic mass is 9.39. The summed E-state index contributed by atoms with van der Waals surface area (Å²) in [5.41, 5.74) is -2.10. The highest BCUT2D eigenvalue weighted by Crippen LogP contribution is 2.78. The Labute approximate surface area is 144 Å². The summed E-state index contributed by atoms with van der Waals surface area (Å²) in [7, 11) is 0. The number of ether oxygens (including phenoxy) is 1. The summed E-state index contributed by atoms with van der Waals surface area (Å²) in [6.07, 6.45) is 6.49. The molecule has 0 aromatic rings. The first-order valence-electron chi connectivity index (χ1n) is 9.75. The SMILES string of the molecule is C[C@]12CC[C@H]3C[C@@]1(C[C@]3(C)O)[C@@H](O)C[C@@H]1[C@@]3(C)CCC[C@@]12OC3=O. The molecule has 5 fully saturated rings. The Morgan fingerprint density at radius 3 is 2.67 bits per heavy atom. The van der Waals surface area contributed by atoms with E-state index in [4.69, 9.17) is 4.74 Å². The summed E-state index contributed by atoms with van der Waals surface area (Å²) in [4.78, 5) is 12.8. The standard InChI is InChI=1S/C20H30O4/c1-16-6-4-7-20(24-15(16)22)13(16)9-14(21)19-10-12(17(2,23)11-19)5-8-18(19,20)3/h12-14,21,23H,4-11H2,1-3H3/t12-,13+,14-,16+,17-,18-,19+,20+/m0/s1. The van der Waals surface area contributed by atoms with Crippen LogP contribution >= 0.6 is 0 Å². The van der Waals surface area contributed by atoms with E-state index in [0.29, 0.717) is 12.8 Å². The van der Waals surface area contributed by atoms with Gasteiger partial charge in [-0.05, 0) is 71.1 Å². The Morgan fingerprint density at radius 2 is 1.92 bits per heavy atom. The van der Waals surface area contributed by atoms with Crippen molar-refractivity contribution in [2.75, 3.05) is 0 Å². The van der Waals surface area contributed by atoms with Crippen LogP contribution in [0.2, 0.25) is 0 Å². The fraction of sp³-hybridized carbons (Fsp3) is 0.950. The van der Waals surface area contributed by atoms with E-state index in [1.54, 1.807) is 0 Å². The van der Waals surface area contributed by atoms with Crippen LogP contribution in [0.25, 0.3) is 0 Å². The molecule has 2 N–H and O–H groups in total. The number of aliphatic hydroxyl groups excluding tert-OH is 1. The molecule has 1 aliphatic heterocycles. The predicted octanol–water partition coefficient (Wildman–Crippen LogP) is 2.80. The lowest BCUT2D eigenvalue weighted by molar-refractivity contribution is -0.258. The van der Waals surface area contributed by atoms with Gasteiger partial charge >= 0.3 is 5.97 Å². The van der Waals surface area contributed by atoms with E-state index in [1.807, 2.05) is 6.92 Å². The largest absolute Gasteiger partial charge is 0.458 e. The fourth-order valence-corrected chi connectivity index (χ4v) is 8.22. The first-order valence-corrected chi connectivity index (χ1v) is 9.75. The summed E-state index contributed by atoms with van der Waals surface area (Å²) in [6.45, 7) is 6.27. The number of hydrogen-bond acceptors (Lipinski definition) is 4. The maximum Gasteiger partial charge on any atom is 0.312 e. The van der Waals surface area contributed by atoms with Crippen molar-refractivity contribution in [2.24, 2.45) is 28.1 Å². The molecule has 0 radical (unpaired) electrons. The maximum atomic E-state index is 12.8. The van der Waals surface area contributed by atoms with E-state index >= 15 is 0 Å². The second-order valence-electron chi connectivity index (χ2n) is 10.3. The predicted molar refractivity (Wildman–Crippen MR) is 88.0 cm³/mol. The molecule has 5 aliphatic rings. The molecular weight excluding hydrogens is 304 g/mol. The Morgan fingerprint density at radius 1 is 1.17 bits per heavy atom. The molecule has 1 saturated heterocycles. The molecule has 1 spiro atoms. The van der Waals surface area contributed by atoms with E-state index in [2.05, 4.69) is 13.8 Å². The van der Waals surface area contributed by atoms with Crippen LogP contribution in [-0.4, -0.2) is 33.5 Å². The van der Waals surface area contributed by atoms with Gasteiger partial charge in [0.05, 0.1) is 17.1 Å². The molecule has 0 aromatic carbocycles. The summed E-state index contributed by atoms with van der Waals surface area (Å²) in [6, 6.07) is 0. The van der Waals surface area contributed by atoms with Crippen molar-refractivity contribution in [3.63, 3.8) is 0 Å². The van der Waals surface area contributed by atoms with Crippen LogP contribution in [0.4, 0.5) is 0 Å². The van der Waals surface area contributed by atoms with Crippen molar-refractivity contribution in [3.05, 3.63) is 0 Å². The zero-order chi connectivity index (χ0) is 17.2. The van der Waals surface area contributed by atoms with Gasteiger partial charge in [0.2, 0.25) is 0 Å². The molecule has 4 saturated carbocycles. The van der Waals surface area contributed by atoms with E-state index in [9.17, 15) is 15.0 Å². The van der Waals surface area contributed by atoms with Gasteiger partial charge in [0.25, 0.3) is 0 Å². The molecule has 0 aromatic heterocycles. The number of carbonyl (C=O) groups is 1. The first-order chi connectivity index (χ1) is 11.1. The fourth-order valence-electron chi connectivity index (χ4n) is 8.22. The van der Waals surface area contributed by atoms with Crippen molar-refractivity contribution < 1.29 is 19.7 Å². The van der Waals surface area contributed by atoms with Crippen LogP contribution in [0.15, 0.2) is 0 Å². The Balaban J connectivity index is 1.71. The Bertz CT molecular complexity index is 629. The molecular formula is C20H30O4. The molecule has 0 unspecified atom stereocenters. The average molecular weight is 334 g/mol. The van der Waals surface area contributed by atoms with Gasteiger partial charge in [0.1, 0.15) is 5.60 Å². The van der Waals surface area contributed by atoms with Crippen molar-refractivity contribution in [1.29, 1.82) is 0 Å².